The first-order chi connectivity index (χ1) is 7.74. The first-order valence-electron chi connectivity index (χ1n) is 6.43. The third-order valence-electron chi connectivity index (χ3n) is 2.42. The molecule has 0 saturated carbocycles. The van der Waals surface area contributed by atoms with Crippen molar-refractivity contribution in [3.63, 3.8) is 0 Å². The van der Waals surface area contributed by atoms with Gasteiger partial charge in [-0.05, 0) is 38.9 Å². The van der Waals surface area contributed by atoms with E-state index >= 15 is 0 Å². The summed E-state index contributed by atoms with van der Waals surface area (Å²) in [6, 6.07) is 0. The Morgan fingerprint density at radius 2 is 1.67 bits per heavy atom. The van der Waals surface area contributed by atoms with Gasteiger partial charge in [0, 0.05) is 19.5 Å². The minimum absolute atomic E-state index is 0. The summed E-state index contributed by atoms with van der Waals surface area (Å²) in [6.45, 7) is 8.79. The van der Waals surface area contributed by atoms with Crippen LogP contribution in [0.2, 0.25) is 0 Å². The molecule has 4 nitrogen and oxygen atoms in total. The van der Waals surface area contributed by atoms with Gasteiger partial charge >= 0.3 is 0 Å². The molecule has 0 aromatic carbocycles. The molecule has 0 aliphatic carbocycles. The number of nitrogens with zero attached hydrogens (tertiary/aromatic N) is 1. The normalized spacial score (nSPS) is 9.56. The van der Waals surface area contributed by atoms with Crippen LogP contribution in [0.3, 0.4) is 0 Å². The summed E-state index contributed by atoms with van der Waals surface area (Å²) in [5, 5.41) is 2.79. The lowest BCUT2D eigenvalue weighted by atomic mass is 10.2. The highest BCUT2D eigenvalue weighted by Crippen LogP contribution is 1.98. The zero-order valence-corrected chi connectivity index (χ0v) is 13.2. The van der Waals surface area contributed by atoms with Crippen LogP contribution in [0.25, 0.3) is 0 Å². The Morgan fingerprint density at radius 1 is 1.11 bits per heavy atom. The minimum Gasteiger partial charge on any atom is -0.355 e. The van der Waals surface area contributed by atoms with Crippen LogP contribution in [-0.2, 0) is 4.79 Å². The molecule has 3 N–H and O–H groups in total. The highest BCUT2D eigenvalue weighted by atomic mass is 35.5. The zero-order valence-electron chi connectivity index (χ0n) is 11.6. The van der Waals surface area contributed by atoms with Gasteiger partial charge in [-0.25, -0.2) is 0 Å². The molecular weight excluding hydrogens is 273 g/mol. The summed E-state index contributed by atoms with van der Waals surface area (Å²) >= 11 is 0. The molecule has 0 spiro atoms. The van der Waals surface area contributed by atoms with Crippen molar-refractivity contribution in [1.29, 1.82) is 0 Å². The van der Waals surface area contributed by atoms with E-state index in [4.69, 9.17) is 5.73 Å². The Balaban J connectivity index is -0.00000112. The average Bonchev–Trinajstić information content (AvgIpc) is 2.27. The standard InChI is InChI=1S/C12H27N3O.2ClH/c1-3-9-15(10-4-2)11-5-6-12(16)14-8-7-13;;/h3-11,13H2,1-2H3,(H,14,16);2*1H. The predicted octanol–water partition coefficient (Wildman–Crippen LogP) is 1.81. The molecule has 0 aromatic rings. The van der Waals surface area contributed by atoms with E-state index in [0.717, 1.165) is 26.1 Å². The van der Waals surface area contributed by atoms with Gasteiger partial charge in [0.15, 0.2) is 0 Å². The monoisotopic (exact) mass is 301 g/mol. The summed E-state index contributed by atoms with van der Waals surface area (Å²) in [6.07, 6.45) is 3.92. The fraction of sp³-hybridized carbons (Fsp3) is 0.917. The van der Waals surface area contributed by atoms with Crippen LogP contribution in [0, 0.1) is 0 Å². The van der Waals surface area contributed by atoms with Crippen molar-refractivity contribution >= 4 is 30.7 Å². The van der Waals surface area contributed by atoms with E-state index in [1.807, 2.05) is 0 Å². The van der Waals surface area contributed by atoms with Crippen molar-refractivity contribution in [2.75, 3.05) is 32.7 Å². The van der Waals surface area contributed by atoms with Crippen molar-refractivity contribution in [2.45, 2.75) is 39.5 Å². The average molecular weight is 302 g/mol. The number of nitrogens with two attached hydrogens (primary N) is 1. The van der Waals surface area contributed by atoms with Crippen molar-refractivity contribution in [3.05, 3.63) is 0 Å². The zero-order chi connectivity index (χ0) is 12.2. The molecule has 0 atom stereocenters. The van der Waals surface area contributed by atoms with Crippen molar-refractivity contribution in [1.82, 2.24) is 10.2 Å². The topological polar surface area (TPSA) is 58.4 Å². The van der Waals surface area contributed by atoms with Crippen molar-refractivity contribution in [2.24, 2.45) is 5.73 Å². The fourth-order valence-electron chi connectivity index (χ4n) is 1.73. The highest BCUT2D eigenvalue weighted by molar-refractivity contribution is 5.85. The molecule has 18 heavy (non-hydrogen) atoms. The lowest BCUT2D eigenvalue weighted by Gasteiger charge is -2.20. The van der Waals surface area contributed by atoms with E-state index in [1.165, 1.54) is 12.8 Å². The molecule has 0 heterocycles. The first-order valence-corrected chi connectivity index (χ1v) is 6.43. The number of halogens is 2. The third kappa shape index (κ3) is 14.0. The van der Waals surface area contributed by atoms with Crippen LogP contribution in [0.5, 0.6) is 0 Å². The number of carbonyl (C=O) groups is 1. The van der Waals surface area contributed by atoms with Gasteiger partial charge in [-0.2, -0.15) is 0 Å². The molecule has 1 amide bonds. The number of hydrogen-bond acceptors (Lipinski definition) is 3. The van der Waals surface area contributed by atoms with Crippen LogP contribution < -0.4 is 11.1 Å². The molecular formula is C12H29Cl2N3O. The Hall–Kier alpha value is -0.0300. The van der Waals surface area contributed by atoms with Gasteiger partial charge in [0.05, 0.1) is 0 Å². The SMILES string of the molecule is CCCN(CCC)CCCC(=O)NCCN.Cl.Cl. The molecule has 0 bridgehead atoms. The van der Waals surface area contributed by atoms with E-state index in [1.54, 1.807) is 0 Å². The number of nitrogens with one attached hydrogen (secondary N) is 1. The van der Waals surface area contributed by atoms with Gasteiger partial charge in [-0.3, -0.25) is 4.79 Å². The number of rotatable bonds is 10. The lowest BCUT2D eigenvalue weighted by molar-refractivity contribution is -0.121. The van der Waals surface area contributed by atoms with Crippen LogP contribution >= 0.6 is 24.8 Å². The number of carbonyl (C=O) groups excluding carboxylic acids is 1. The Bertz CT molecular complexity index is 177. The van der Waals surface area contributed by atoms with E-state index in [9.17, 15) is 4.79 Å². The second-order valence-electron chi connectivity index (χ2n) is 4.08. The van der Waals surface area contributed by atoms with Crippen LogP contribution in [0.4, 0.5) is 0 Å². The second kappa shape index (κ2) is 17.0. The molecule has 0 unspecified atom stereocenters. The summed E-state index contributed by atoms with van der Waals surface area (Å²) in [5.41, 5.74) is 5.31. The largest absolute Gasteiger partial charge is 0.355 e. The van der Waals surface area contributed by atoms with Crippen LogP contribution in [0.1, 0.15) is 39.5 Å². The van der Waals surface area contributed by atoms with Gasteiger partial charge in [0.2, 0.25) is 5.91 Å². The van der Waals surface area contributed by atoms with E-state index in [-0.39, 0.29) is 30.7 Å². The van der Waals surface area contributed by atoms with E-state index in [2.05, 4.69) is 24.1 Å². The smallest absolute Gasteiger partial charge is 0.220 e. The van der Waals surface area contributed by atoms with Gasteiger partial charge < -0.3 is 16.0 Å². The predicted molar refractivity (Wildman–Crippen MR) is 82.8 cm³/mol. The van der Waals surface area contributed by atoms with E-state index in [0.29, 0.717) is 19.5 Å². The molecule has 0 fully saturated rings. The maximum absolute atomic E-state index is 11.3. The summed E-state index contributed by atoms with van der Waals surface area (Å²) in [4.78, 5) is 13.7. The quantitative estimate of drug-likeness (QED) is 0.647. The first kappa shape index (κ1) is 23.1. The number of hydrogen-bond donors (Lipinski definition) is 2. The molecule has 0 rings (SSSR count). The maximum atomic E-state index is 11.3. The van der Waals surface area contributed by atoms with Crippen LogP contribution in [0.15, 0.2) is 0 Å². The van der Waals surface area contributed by atoms with Crippen LogP contribution in [-0.4, -0.2) is 43.5 Å². The Kier molecular flexibility index (Phi) is 21.8. The van der Waals surface area contributed by atoms with Gasteiger partial charge in [-0.1, -0.05) is 13.8 Å². The summed E-state index contributed by atoms with van der Waals surface area (Å²) in [7, 11) is 0. The van der Waals surface area contributed by atoms with Crippen molar-refractivity contribution in [3.8, 4) is 0 Å². The molecule has 0 saturated heterocycles. The summed E-state index contributed by atoms with van der Waals surface area (Å²) < 4.78 is 0. The maximum Gasteiger partial charge on any atom is 0.220 e. The molecule has 0 radical (unpaired) electrons. The van der Waals surface area contributed by atoms with E-state index < -0.39 is 0 Å². The molecule has 0 aromatic heterocycles. The highest BCUT2D eigenvalue weighted by Gasteiger charge is 2.04. The molecule has 0 aliphatic rings. The van der Waals surface area contributed by atoms with Crippen molar-refractivity contribution < 1.29 is 4.79 Å². The lowest BCUT2D eigenvalue weighted by Crippen LogP contribution is -2.31. The molecule has 0 aliphatic heterocycles. The fourth-order valence-corrected chi connectivity index (χ4v) is 1.73. The minimum atomic E-state index is 0. The Labute approximate surface area is 124 Å². The molecule has 112 valence electrons. The molecule has 6 heteroatoms. The van der Waals surface area contributed by atoms with Gasteiger partial charge in [0.1, 0.15) is 0 Å². The van der Waals surface area contributed by atoms with Gasteiger partial charge in [0.25, 0.3) is 0 Å². The second-order valence-corrected chi connectivity index (χ2v) is 4.08. The van der Waals surface area contributed by atoms with Gasteiger partial charge in [-0.15, -0.1) is 24.8 Å². The number of amides is 1. The summed E-state index contributed by atoms with van der Waals surface area (Å²) in [5.74, 6) is 0.124. The Morgan fingerprint density at radius 3 is 2.11 bits per heavy atom. The third-order valence-corrected chi connectivity index (χ3v) is 2.42.